The second-order valence-corrected chi connectivity index (χ2v) is 6.34. The molecule has 30 heavy (non-hydrogen) atoms. The Morgan fingerprint density at radius 1 is 1.23 bits per heavy atom. The number of ether oxygens (including phenoxy) is 3. The standard InChI is InChI=1S/C19H20F2N6O3/c1-22-19(23-6-5-17-26-25-16-4-2-3-7-27(16)17)24-10-12-8-14-15(29-11-28-14)9-13(12)30-18(20)21/h2-4,7-9,18H,5-6,10-11H2,1H3,(H2,22,23,24). The molecule has 9 nitrogen and oxygen atoms in total. The molecule has 1 aromatic carbocycles. The first-order valence-corrected chi connectivity index (χ1v) is 9.24. The predicted molar refractivity (Wildman–Crippen MR) is 104 cm³/mol. The topological polar surface area (TPSA) is 94.3 Å². The van der Waals surface area contributed by atoms with Gasteiger partial charge in [-0.3, -0.25) is 9.39 Å². The molecule has 158 valence electrons. The number of hydrogen-bond donors (Lipinski definition) is 2. The number of rotatable bonds is 7. The van der Waals surface area contributed by atoms with Gasteiger partial charge in [0.2, 0.25) is 6.79 Å². The molecule has 2 aromatic heterocycles. The summed E-state index contributed by atoms with van der Waals surface area (Å²) in [4.78, 5) is 4.15. The maximum absolute atomic E-state index is 12.8. The Hall–Kier alpha value is -3.63. The molecule has 1 aliphatic rings. The number of guanidine groups is 1. The fraction of sp³-hybridized carbons (Fsp3) is 0.316. The Bertz CT molecular complexity index is 1060. The molecule has 11 heteroatoms. The van der Waals surface area contributed by atoms with Crippen molar-refractivity contribution in [3.8, 4) is 17.2 Å². The Morgan fingerprint density at radius 3 is 2.87 bits per heavy atom. The molecule has 2 N–H and O–H groups in total. The quantitative estimate of drug-likeness (QED) is 0.448. The number of aliphatic imine (C=N–C) groups is 1. The summed E-state index contributed by atoms with van der Waals surface area (Å²) in [5.74, 6) is 2.20. The summed E-state index contributed by atoms with van der Waals surface area (Å²) in [5, 5.41) is 14.6. The van der Waals surface area contributed by atoms with E-state index in [4.69, 9.17) is 9.47 Å². The minimum absolute atomic E-state index is 0.0205. The van der Waals surface area contributed by atoms with Gasteiger partial charge in [-0.25, -0.2) is 0 Å². The number of hydrogen-bond acceptors (Lipinski definition) is 6. The third kappa shape index (κ3) is 4.34. The zero-order valence-electron chi connectivity index (χ0n) is 16.1. The largest absolute Gasteiger partial charge is 0.454 e. The van der Waals surface area contributed by atoms with Crippen LogP contribution in [0.3, 0.4) is 0 Å². The van der Waals surface area contributed by atoms with Crippen molar-refractivity contribution in [1.82, 2.24) is 25.2 Å². The molecule has 0 radical (unpaired) electrons. The zero-order chi connectivity index (χ0) is 20.9. The summed E-state index contributed by atoms with van der Waals surface area (Å²) in [6, 6.07) is 8.72. The van der Waals surface area contributed by atoms with E-state index in [0.717, 1.165) is 11.5 Å². The molecular weight excluding hydrogens is 398 g/mol. The number of aromatic nitrogens is 3. The summed E-state index contributed by atoms with van der Waals surface area (Å²) in [5.41, 5.74) is 1.27. The van der Waals surface area contributed by atoms with Crippen molar-refractivity contribution in [2.75, 3.05) is 20.4 Å². The van der Waals surface area contributed by atoms with E-state index in [2.05, 4.69) is 30.6 Å². The average Bonchev–Trinajstić information content (AvgIpc) is 3.36. The van der Waals surface area contributed by atoms with Crippen molar-refractivity contribution in [3.63, 3.8) is 0 Å². The molecule has 3 aromatic rings. The highest BCUT2D eigenvalue weighted by Gasteiger charge is 2.20. The number of benzene rings is 1. The van der Waals surface area contributed by atoms with Gasteiger partial charge in [-0.1, -0.05) is 6.07 Å². The zero-order valence-corrected chi connectivity index (χ0v) is 16.1. The molecule has 3 heterocycles. The van der Waals surface area contributed by atoms with Gasteiger partial charge < -0.3 is 24.8 Å². The van der Waals surface area contributed by atoms with Gasteiger partial charge in [-0.2, -0.15) is 8.78 Å². The van der Waals surface area contributed by atoms with Crippen molar-refractivity contribution in [3.05, 3.63) is 47.9 Å². The fourth-order valence-corrected chi connectivity index (χ4v) is 3.06. The minimum atomic E-state index is -2.94. The van der Waals surface area contributed by atoms with E-state index >= 15 is 0 Å². The molecule has 0 spiro atoms. The molecule has 0 atom stereocenters. The molecule has 0 aliphatic carbocycles. The van der Waals surface area contributed by atoms with Crippen LogP contribution in [-0.2, 0) is 13.0 Å². The van der Waals surface area contributed by atoms with Crippen molar-refractivity contribution < 1.29 is 23.0 Å². The summed E-state index contributed by atoms with van der Waals surface area (Å²) in [7, 11) is 1.62. The highest BCUT2D eigenvalue weighted by molar-refractivity contribution is 5.79. The number of fused-ring (bicyclic) bond motifs is 2. The van der Waals surface area contributed by atoms with Crippen LogP contribution in [0, 0.1) is 0 Å². The van der Waals surface area contributed by atoms with Crippen LogP contribution < -0.4 is 24.8 Å². The van der Waals surface area contributed by atoms with Gasteiger partial charge >= 0.3 is 6.61 Å². The first-order valence-electron chi connectivity index (χ1n) is 9.24. The Labute approximate surface area is 170 Å². The molecule has 0 amide bonds. The highest BCUT2D eigenvalue weighted by Crippen LogP contribution is 2.38. The van der Waals surface area contributed by atoms with E-state index in [1.165, 1.54) is 6.07 Å². The monoisotopic (exact) mass is 418 g/mol. The van der Waals surface area contributed by atoms with E-state index in [0.29, 0.717) is 36.0 Å². The third-order valence-electron chi connectivity index (χ3n) is 4.47. The first kappa shape index (κ1) is 19.7. The number of nitrogens with one attached hydrogen (secondary N) is 2. The van der Waals surface area contributed by atoms with Gasteiger partial charge in [0.05, 0.1) is 0 Å². The van der Waals surface area contributed by atoms with E-state index in [9.17, 15) is 8.78 Å². The molecule has 1 aliphatic heterocycles. The molecule has 0 bridgehead atoms. The SMILES string of the molecule is CN=C(NCCc1nnc2ccccn12)NCc1cc2c(cc1OC(F)F)OCO2. The molecule has 0 saturated heterocycles. The number of nitrogens with zero attached hydrogens (tertiary/aromatic N) is 4. The van der Waals surface area contributed by atoms with Crippen molar-refractivity contribution in [2.45, 2.75) is 19.6 Å². The number of alkyl halides is 2. The molecule has 4 rings (SSSR count). The van der Waals surface area contributed by atoms with Gasteiger partial charge in [0.25, 0.3) is 0 Å². The van der Waals surface area contributed by atoms with Crippen LogP contribution in [0.25, 0.3) is 5.65 Å². The molecular formula is C19H20F2N6O3. The maximum atomic E-state index is 12.8. The lowest BCUT2D eigenvalue weighted by Gasteiger charge is -2.15. The first-order chi connectivity index (χ1) is 14.6. The second-order valence-electron chi connectivity index (χ2n) is 6.34. The average molecular weight is 418 g/mol. The van der Waals surface area contributed by atoms with Crippen molar-refractivity contribution in [2.24, 2.45) is 4.99 Å². The summed E-state index contributed by atoms with van der Waals surface area (Å²) in [6.45, 7) is -2.15. The van der Waals surface area contributed by atoms with Crippen LogP contribution in [0.4, 0.5) is 8.78 Å². The number of halogens is 2. The van der Waals surface area contributed by atoms with Crippen molar-refractivity contribution in [1.29, 1.82) is 0 Å². The van der Waals surface area contributed by atoms with Gasteiger partial charge in [0.15, 0.2) is 23.1 Å². The molecule has 0 unspecified atom stereocenters. The Kier molecular flexibility index (Phi) is 5.77. The smallest absolute Gasteiger partial charge is 0.387 e. The lowest BCUT2D eigenvalue weighted by Crippen LogP contribution is -2.38. The molecule has 0 saturated carbocycles. The minimum Gasteiger partial charge on any atom is -0.454 e. The number of pyridine rings is 1. The molecule has 0 fully saturated rings. The highest BCUT2D eigenvalue weighted by atomic mass is 19.3. The van der Waals surface area contributed by atoms with E-state index in [1.54, 1.807) is 13.1 Å². The summed E-state index contributed by atoms with van der Waals surface area (Å²) >= 11 is 0. The van der Waals surface area contributed by atoms with Crippen LogP contribution in [0.2, 0.25) is 0 Å². The van der Waals surface area contributed by atoms with Gasteiger partial charge in [-0.05, 0) is 18.2 Å². The maximum Gasteiger partial charge on any atom is 0.387 e. The predicted octanol–water partition coefficient (Wildman–Crippen LogP) is 1.97. The Balaban J connectivity index is 1.36. The lowest BCUT2D eigenvalue weighted by atomic mass is 10.1. The van der Waals surface area contributed by atoms with Crippen LogP contribution in [0.5, 0.6) is 17.2 Å². The van der Waals surface area contributed by atoms with Gasteiger partial charge in [-0.15, -0.1) is 10.2 Å². The van der Waals surface area contributed by atoms with Gasteiger partial charge in [0, 0.05) is 44.4 Å². The normalized spacial score (nSPS) is 13.1. The van der Waals surface area contributed by atoms with E-state index < -0.39 is 6.61 Å². The lowest BCUT2D eigenvalue weighted by molar-refractivity contribution is -0.0505. The van der Waals surface area contributed by atoms with E-state index in [1.807, 2.05) is 28.8 Å². The van der Waals surface area contributed by atoms with Gasteiger partial charge in [0.1, 0.15) is 11.6 Å². The van der Waals surface area contributed by atoms with Crippen LogP contribution in [-0.4, -0.2) is 47.6 Å². The van der Waals surface area contributed by atoms with Crippen LogP contribution >= 0.6 is 0 Å². The van der Waals surface area contributed by atoms with Crippen LogP contribution in [0.15, 0.2) is 41.5 Å². The van der Waals surface area contributed by atoms with E-state index in [-0.39, 0.29) is 19.1 Å². The second kappa shape index (κ2) is 8.80. The third-order valence-corrected chi connectivity index (χ3v) is 4.47. The summed E-state index contributed by atoms with van der Waals surface area (Å²) < 4.78 is 42.6. The fourth-order valence-electron chi connectivity index (χ4n) is 3.06. The van der Waals surface area contributed by atoms with Crippen LogP contribution in [0.1, 0.15) is 11.4 Å². The van der Waals surface area contributed by atoms with Crippen molar-refractivity contribution >= 4 is 11.6 Å². The summed E-state index contributed by atoms with van der Waals surface area (Å²) in [6.07, 6.45) is 2.53. The Morgan fingerprint density at radius 2 is 2.07 bits per heavy atom.